The first-order chi connectivity index (χ1) is 8.09. The summed E-state index contributed by atoms with van der Waals surface area (Å²) in [5.74, 6) is -0.432. The molecule has 1 atom stereocenters. The molecule has 0 aliphatic rings. The van der Waals surface area contributed by atoms with Crippen molar-refractivity contribution in [1.29, 1.82) is 0 Å². The minimum absolute atomic E-state index is 0.432. The molecule has 0 spiro atoms. The Balaban J connectivity index is 2.13. The lowest BCUT2D eigenvalue weighted by molar-refractivity contribution is -0.121. The molecular weight excluding hydrogens is 224 g/mol. The number of aromatic nitrogens is 3. The highest BCUT2D eigenvalue weighted by molar-refractivity contribution is 5.96. The number of carbonyl (C=O) groups is 2. The smallest absolute Gasteiger partial charge is 0.318 e. The summed E-state index contributed by atoms with van der Waals surface area (Å²) in [6.07, 6.45) is 4.18. The molecule has 0 aromatic carbocycles. The normalized spacial score (nSPS) is 12.1. The minimum Gasteiger partial charge on any atom is -0.351 e. The monoisotopic (exact) mass is 240 g/mol. The molecule has 17 heavy (non-hydrogen) atoms. The first-order valence-electron chi connectivity index (χ1n) is 5.27. The van der Waals surface area contributed by atoms with E-state index in [1.165, 1.54) is 0 Å². The molecule has 0 fully saturated rings. The van der Waals surface area contributed by atoms with Crippen molar-refractivity contribution in [2.45, 2.75) is 25.9 Å². The van der Waals surface area contributed by atoms with E-state index < -0.39 is 18.0 Å². The van der Waals surface area contributed by atoms with E-state index in [0.717, 1.165) is 13.0 Å². The third-order valence-electron chi connectivity index (χ3n) is 2.13. The lowest BCUT2D eigenvalue weighted by Crippen LogP contribution is -2.46. The molecule has 0 saturated heterocycles. The van der Waals surface area contributed by atoms with Crippen LogP contribution in [0.25, 0.3) is 0 Å². The maximum absolute atomic E-state index is 11.3. The maximum atomic E-state index is 11.3. The van der Waals surface area contributed by atoms with Crippen LogP contribution in [0, 0.1) is 0 Å². The zero-order valence-corrected chi connectivity index (χ0v) is 9.59. The topological polar surface area (TPSA) is 115 Å². The lowest BCUT2D eigenvalue weighted by atomic mass is 10.3. The predicted octanol–water partition coefficient (Wildman–Crippen LogP) is -1.16. The molecule has 0 bridgehead atoms. The molecule has 94 valence electrons. The number of primary amides is 1. The van der Waals surface area contributed by atoms with E-state index in [0.29, 0.717) is 6.54 Å². The van der Waals surface area contributed by atoms with Gasteiger partial charge in [0.1, 0.15) is 0 Å². The average molecular weight is 240 g/mol. The fourth-order valence-corrected chi connectivity index (χ4v) is 1.23. The van der Waals surface area contributed by atoms with Crippen LogP contribution in [0.1, 0.15) is 13.3 Å². The third kappa shape index (κ3) is 5.07. The number of nitrogens with zero attached hydrogens (tertiary/aromatic N) is 3. The van der Waals surface area contributed by atoms with Crippen molar-refractivity contribution in [2.24, 2.45) is 5.73 Å². The Kier molecular flexibility index (Phi) is 5.08. The number of hydrogen-bond acceptors (Lipinski definition) is 5. The molecule has 8 nitrogen and oxygen atoms in total. The van der Waals surface area contributed by atoms with Crippen molar-refractivity contribution in [3.63, 3.8) is 0 Å². The second-order valence-corrected chi connectivity index (χ2v) is 3.55. The Morgan fingerprint density at radius 2 is 2.29 bits per heavy atom. The molecule has 0 radical (unpaired) electrons. The van der Waals surface area contributed by atoms with Gasteiger partial charge in [-0.15, -0.1) is 5.10 Å². The summed E-state index contributed by atoms with van der Waals surface area (Å²) in [5, 5.41) is 12.5. The summed E-state index contributed by atoms with van der Waals surface area (Å²) in [7, 11) is 0. The molecule has 1 aromatic rings. The molecule has 1 aromatic heterocycles. The van der Waals surface area contributed by atoms with E-state index in [1.807, 2.05) is 5.32 Å². The van der Waals surface area contributed by atoms with Gasteiger partial charge in [0.2, 0.25) is 5.91 Å². The van der Waals surface area contributed by atoms with E-state index in [-0.39, 0.29) is 0 Å². The predicted molar refractivity (Wildman–Crippen MR) is 59.8 cm³/mol. The number of aryl methyl sites for hydroxylation is 1. The van der Waals surface area contributed by atoms with Crippen LogP contribution in [-0.2, 0) is 11.3 Å². The van der Waals surface area contributed by atoms with Gasteiger partial charge >= 0.3 is 6.03 Å². The van der Waals surface area contributed by atoms with Crippen molar-refractivity contribution >= 4 is 11.9 Å². The quantitative estimate of drug-likeness (QED) is 0.543. The highest BCUT2D eigenvalue weighted by Gasteiger charge is 2.12. The second-order valence-electron chi connectivity index (χ2n) is 3.55. The first-order valence-corrected chi connectivity index (χ1v) is 5.27. The van der Waals surface area contributed by atoms with Crippen LogP contribution in [0.3, 0.4) is 0 Å². The number of nitrogens with one attached hydrogen (secondary N) is 2. The number of carbonyl (C=O) groups excluding carboxylic acids is 2. The lowest BCUT2D eigenvalue weighted by Gasteiger charge is -2.12. The van der Waals surface area contributed by atoms with Gasteiger partial charge in [-0.25, -0.2) is 4.79 Å². The van der Waals surface area contributed by atoms with Crippen LogP contribution >= 0.6 is 0 Å². The van der Waals surface area contributed by atoms with Crippen molar-refractivity contribution < 1.29 is 9.59 Å². The van der Waals surface area contributed by atoms with Crippen LogP contribution in [0.15, 0.2) is 12.4 Å². The van der Waals surface area contributed by atoms with Crippen molar-refractivity contribution in [3.8, 4) is 0 Å². The van der Waals surface area contributed by atoms with E-state index in [4.69, 9.17) is 5.73 Å². The van der Waals surface area contributed by atoms with Crippen LogP contribution in [0.5, 0.6) is 0 Å². The standard InChI is InChI=1S/C9H16N6O2/c1-7(8(16)13-9(10)17)11-3-2-5-15-6-4-12-14-15/h4,6-7,11H,2-3,5H2,1H3,(H3,10,13,16,17). The van der Waals surface area contributed by atoms with E-state index in [2.05, 4.69) is 15.6 Å². The molecular formula is C9H16N6O2. The largest absolute Gasteiger partial charge is 0.351 e. The highest BCUT2D eigenvalue weighted by Crippen LogP contribution is 1.88. The molecule has 1 heterocycles. The van der Waals surface area contributed by atoms with Gasteiger partial charge in [-0.1, -0.05) is 5.21 Å². The van der Waals surface area contributed by atoms with Crippen LogP contribution in [0.4, 0.5) is 4.79 Å². The summed E-state index contributed by atoms with van der Waals surface area (Å²) in [6, 6.07) is -1.30. The van der Waals surface area contributed by atoms with Crippen molar-refractivity contribution in [2.75, 3.05) is 6.54 Å². The Morgan fingerprint density at radius 3 is 2.88 bits per heavy atom. The molecule has 8 heteroatoms. The number of imide groups is 1. The maximum Gasteiger partial charge on any atom is 0.318 e. The van der Waals surface area contributed by atoms with Gasteiger partial charge in [0.15, 0.2) is 0 Å². The van der Waals surface area contributed by atoms with Gasteiger partial charge in [0.25, 0.3) is 0 Å². The highest BCUT2D eigenvalue weighted by atomic mass is 16.2. The van der Waals surface area contributed by atoms with Gasteiger partial charge in [-0.3, -0.25) is 14.8 Å². The van der Waals surface area contributed by atoms with Gasteiger partial charge in [-0.2, -0.15) is 0 Å². The molecule has 0 saturated carbocycles. The third-order valence-corrected chi connectivity index (χ3v) is 2.13. The number of amides is 3. The number of rotatable bonds is 6. The van der Waals surface area contributed by atoms with Crippen molar-refractivity contribution in [3.05, 3.63) is 12.4 Å². The Hall–Kier alpha value is -1.96. The Bertz CT molecular complexity index is 364. The van der Waals surface area contributed by atoms with Gasteiger partial charge in [0, 0.05) is 12.7 Å². The minimum atomic E-state index is -0.841. The van der Waals surface area contributed by atoms with E-state index in [9.17, 15) is 9.59 Å². The SMILES string of the molecule is CC(NCCCn1ccnn1)C(=O)NC(N)=O. The molecule has 1 rings (SSSR count). The molecule has 3 amide bonds. The second kappa shape index (κ2) is 6.59. The molecule has 1 unspecified atom stereocenters. The number of urea groups is 1. The zero-order chi connectivity index (χ0) is 12.7. The van der Waals surface area contributed by atoms with Gasteiger partial charge < -0.3 is 11.1 Å². The van der Waals surface area contributed by atoms with Crippen LogP contribution < -0.4 is 16.4 Å². The van der Waals surface area contributed by atoms with Crippen LogP contribution in [-0.4, -0.2) is 39.5 Å². The number of hydrogen-bond donors (Lipinski definition) is 3. The summed E-state index contributed by atoms with van der Waals surface area (Å²) in [4.78, 5) is 21.7. The zero-order valence-electron chi connectivity index (χ0n) is 9.59. The first kappa shape index (κ1) is 13.1. The van der Waals surface area contributed by atoms with Gasteiger partial charge in [0.05, 0.1) is 12.2 Å². The average Bonchev–Trinajstić information content (AvgIpc) is 2.75. The summed E-state index contributed by atoms with van der Waals surface area (Å²) >= 11 is 0. The molecule has 0 aliphatic heterocycles. The summed E-state index contributed by atoms with van der Waals surface area (Å²) in [6.45, 7) is 3.01. The van der Waals surface area contributed by atoms with E-state index in [1.54, 1.807) is 24.0 Å². The Labute approximate surface area is 98.5 Å². The van der Waals surface area contributed by atoms with Crippen LogP contribution in [0.2, 0.25) is 0 Å². The molecule has 4 N–H and O–H groups in total. The fraction of sp³-hybridized carbons (Fsp3) is 0.556. The Morgan fingerprint density at radius 1 is 1.53 bits per heavy atom. The summed E-state index contributed by atoms with van der Waals surface area (Å²) in [5.41, 5.74) is 4.83. The molecule has 0 aliphatic carbocycles. The number of nitrogens with two attached hydrogens (primary N) is 1. The van der Waals surface area contributed by atoms with Crippen molar-refractivity contribution in [1.82, 2.24) is 25.6 Å². The van der Waals surface area contributed by atoms with E-state index >= 15 is 0 Å². The fourth-order valence-electron chi connectivity index (χ4n) is 1.23. The summed E-state index contributed by atoms with van der Waals surface area (Å²) < 4.78 is 1.70. The van der Waals surface area contributed by atoms with Gasteiger partial charge in [-0.05, 0) is 19.9 Å².